The lowest BCUT2D eigenvalue weighted by Gasteiger charge is -2.11. The number of benzene rings is 2. The zero-order valence-corrected chi connectivity index (χ0v) is 13.0. The molecule has 0 aliphatic heterocycles. The van der Waals surface area contributed by atoms with Crippen molar-refractivity contribution in [2.24, 2.45) is 0 Å². The molecule has 0 aromatic heterocycles. The summed E-state index contributed by atoms with van der Waals surface area (Å²) in [6.07, 6.45) is 0. The third kappa shape index (κ3) is 4.15. The Balaban J connectivity index is 2.26. The average Bonchev–Trinajstić information content (AvgIpc) is 2.33. The zero-order chi connectivity index (χ0) is 15.6. The number of nitrogens with two attached hydrogens (primary N) is 1. The highest BCUT2D eigenvalue weighted by Crippen LogP contribution is 2.28. The Bertz CT molecular complexity index is 758. The van der Waals surface area contributed by atoms with Gasteiger partial charge in [0.25, 0.3) is 0 Å². The maximum absolute atomic E-state index is 13.6. The molecule has 0 fully saturated rings. The van der Waals surface area contributed by atoms with Crippen molar-refractivity contribution in [1.29, 1.82) is 0 Å². The fourth-order valence-corrected chi connectivity index (χ4v) is 3.58. The van der Waals surface area contributed by atoms with E-state index in [2.05, 4.69) is 20.7 Å². The van der Waals surface area contributed by atoms with E-state index in [1.165, 1.54) is 6.07 Å². The topological polar surface area (TPSA) is 72.2 Å². The second-order valence-corrected chi connectivity index (χ2v) is 6.93. The predicted molar refractivity (Wildman–Crippen MR) is 81.2 cm³/mol. The molecule has 2 rings (SSSR count). The van der Waals surface area contributed by atoms with Crippen LogP contribution in [0.1, 0.15) is 5.56 Å². The van der Waals surface area contributed by atoms with E-state index >= 15 is 0 Å². The fraction of sp³-hybridized carbons (Fsp3) is 0.0769. The molecule has 0 saturated heterocycles. The van der Waals surface area contributed by atoms with Crippen molar-refractivity contribution in [2.45, 2.75) is 5.75 Å². The smallest absolute Gasteiger partial charge is 0.237 e. The van der Waals surface area contributed by atoms with Crippen LogP contribution in [0, 0.1) is 11.6 Å². The van der Waals surface area contributed by atoms with Crippen LogP contribution in [0.5, 0.6) is 0 Å². The first-order valence-electron chi connectivity index (χ1n) is 5.76. The minimum absolute atomic E-state index is 0.0175. The minimum Gasteiger partial charge on any atom is -0.399 e. The molecule has 3 N–H and O–H groups in total. The molecule has 0 bridgehead atoms. The summed E-state index contributed by atoms with van der Waals surface area (Å²) in [6.45, 7) is 0. The van der Waals surface area contributed by atoms with Crippen molar-refractivity contribution < 1.29 is 17.2 Å². The summed E-state index contributed by atoms with van der Waals surface area (Å²) in [7, 11) is -3.86. The monoisotopic (exact) mass is 376 g/mol. The summed E-state index contributed by atoms with van der Waals surface area (Å²) >= 11 is 2.92. The molecule has 0 radical (unpaired) electrons. The predicted octanol–water partition coefficient (Wildman–Crippen LogP) is 3.25. The summed E-state index contributed by atoms with van der Waals surface area (Å²) in [5.74, 6) is -2.18. The van der Waals surface area contributed by atoms with E-state index in [1.807, 2.05) is 0 Å². The molecule has 2 aromatic carbocycles. The van der Waals surface area contributed by atoms with Crippen LogP contribution in [0.25, 0.3) is 0 Å². The highest BCUT2D eigenvalue weighted by Gasteiger charge is 2.17. The van der Waals surface area contributed by atoms with Crippen molar-refractivity contribution in [3.8, 4) is 0 Å². The summed E-state index contributed by atoms with van der Waals surface area (Å²) in [5, 5.41) is 0. The van der Waals surface area contributed by atoms with E-state index in [1.54, 1.807) is 18.2 Å². The number of nitrogen functional groups attached to an aromatic ring is 1. The molecule has 21 heavy (non-hydrogen) atoms. The molecule has 0 aliphatic rings. The normalized spacial score (nSPS) is 11.4. The second-order valence-electron chi connectivity index (χ2n) is 4.35. The van der Waals surface area contributed by atoms with Crippen LogP contribution in [-0.4, -0.2) is 8.42 Å². The van der Waals surface area contributed by atoms with Gasteiger partial charge in [0.2, 0.25) is 10.0 Å². The number of anilines is 2. The van der Waals surface area contributed by atoms with E-state index in [0.29, 0.717) is 17.3 Å². The Morgan fingerprint density at radius 2 is 1.90 bits per heavy atom. The van der Waals surface area contributed by atoms with E-state index < -0.39 is 21.7 Å². The molecule has 112 valence electrons. The molecular weight excluding hydrogens is 366 g/mol. The highest BCUT2D eigenvalue weighted by atomic mass is 79.9. The number of hydrogen-bond donors (Lipinski definition) is 2. The molecule has 8 heteroatoms. The Labute approximate surface area is 129 Å². The number of halogens is 3. The Morgan fingerprint density at radius 1 is 1.19 bits per heavy atom. The summed E-state index contributed by atoms with van der Waals surface area (Å²) in [4.78, 5) is 0. The second kappa shape index (κ2) is 5.98. The van der Waals surface area contributed by atoms with Gasteiger partial charge in [0.05, 0.1) is 11.4 Å². The first-order valence-corrected chi connectivity index (χ1v) is 8.21. The lowest BCUT2D eigenvalue weighted by Crippen LogP contribution is -2.16. The van der Waals surface area contributed by atoms with Gasteiger partial charge in [-0.25, -0.2) is 17.2 Å². The third-order valence-electron chi connectivity index (χ3n) is 2.57. The quantitative estimate of drug-likeness (QED) is 0.804. The lowest BCUT2D eigenvalue weighted by atomic mass is 10.2. The van der Waals surface area contributed by atoms with Crippen molar-refractivity contribution in [1.82, 2.24) is 0 Å². The molecule has 0 unspecified atom stereocenters. The molecular formula is C13H11BrF2N2O2S. The first-order chi connectivity index (χ1) is 9.77. The van der Waals surface area contributed by atoms with Crippen LogP contribution >= 0.6 is 15.9 Å². The molecule has 0 amide bonds. The van der Waals surface area contributed by atoms with Gasteiger partial charge in [-0.2, -0.15) is 0 Å². The molecule has 0 aliphatic carbocycles. The maximum Gasteiger partial charge on any atom is 0.237 e. The fourth-order valence-electron chi connectivity index (χ4n) is 1.73. The van der Waals surface area contributed by atoms with Crippen molar-refractivity contribution in [3.63, 3.8) is 0 Å². The van der Waals surface area contributed by atoms with E-state index in [4.69, 9.17) is 5.73 Å². The lowest BCUT2D eigenvalue weighted by molar-refractivity contribution is 0.581. The van der Waals surface area contributed by atoms with Gasteiger partial charge < -0.3 is 5.73 Å². The standard InChI is InChI=1S/C13H11BrF2N2O2S/c14-11-5-9(15)6-12(16)13(11)18-21(19,20)7-8-2-1-3-10(17)4-8/h1-6,18H,7,17H2. The van der Waals surface area contributed by atoms with Crippen LogP contribution in [0.3, 0.4) is 0 Å². The van der Waals surface area contributed by atoms with Gasteiger partial charge >= 0.3 is 0 Å². The number of rotatable bonds is 4. The molecule has 4 nitrogen and oxygen atoms in total. The Hall–Kier alpha value is -1.67. The van der Waals surface area contributed by atoms with Crippen LogP contribution in [0.2, 0.25) is 0 Å². The summed E-state index contributed by atoms with van der Waals surface area (Å²) < 4.78 is 52.7. The van der Waals surface area contributed by atoms with Gasteiger partial charge in [-0.05, 0) is 39.7 Å². The largest absolute Gasteiger partial charge is 0.399 e. The van der Waals surface area contributed by atoms with Crippen LogP contribution in [-0.2, 0) is 15.8 Å². The van der Waals surface area contributed by atoms with Gasteiger partial charge in [0.15, 0.2) is 5.82 Å². The zero-order valence-electron chi connectivity index (χ0n) is 10.6. The summed E-state index contributed by atoms with van der Waals surface area (Å²) in [5.41, 5.74) is 6.12. The van der Waals surface area contributed by atoms with Gasteiger partial charge in [-0.1, -0.05) is 12.1 Å². The van der Waals surface area contributed by atoms with Crippen LogP contribution in [0.4, 0.5) is 20.2 Å². The minimum atomic E-state index is -3.86. The van der Waals surface area contributed by atoms with Gasteiger partial charge in [0.1, 0.15) is 5.82 Å². The van der Waals surface area contributed by atoms with Crippen molar-refractivity contribution in [3.05, 3.63) is 58.1 Å². The van der Waals surface area contributed by atoms with Gasteiger partial charge in [-0.15, -0.1) is 0 Å². The highest BCUT2D eigenvalue weighted by molar-refractivity contribution is 9.10. The maximum atomic E-state index is 13.6. The number of sulfonamides is 1. The van der Waals surface area contributed by atoms with Gasteiger partial charge in [0, 0.05) is 16.2 Å². The van der Waals surface area contributed by atoms with Crippen LogP contribution < -0.4 is 10.5 Å². The van der Waals surface area contributed by atoms with Crippen LogP contribution in [0.15, 0.2) is 40.9 Å². The van der Waals surface area contributed by atoms with Crippen molar-refractivity contribution >= 4 is 37.3 Å². The average molecular weight is 377 g/mol. The number of nitrogens with one attached hydrogen (secondary N) is 1. The van der Waals surface area contributed by atoms with E-state index in [9.17, 15) is 17.2 Å². The SMILES string of the molecule is Nc1cccc(CS(=O)(=O)Nc2c(F)cc(F)cc2Br)c1. The Morgan fingerprint density at radius 3 is 2.52 bits per heavy atom. The van der Waals surface area contributed by atoms with E-state index in [-0.39, 0.29) is 15.9 Å². The van der Waals surface area contributed by atoms with Crippen molar-refractivity contribution in [2.75, 3.05) is 10.5 Å². The first kappa shape index (κ1) is 15.7. The van der Waals surface area contributed by atoms with E-state index in [0.717, 1.165) is 6.07 Å². The van der Waals surface area contributed by atoms with Gasteiger partial charge in [-0.3, -0.25) is 4.72 Å². The molecule has 0 heterocycles. The third-order valence-corrected chi connectivity index (χ3v) is 4.43. The molecule has 0 spiro atoms. The molecule has 2 aromatic rings. The summed E-state index contributed by atoms with van der Waals surface area (Å²) in [6, 6.07) is 7.92. The number of hydrogen-bond acceptors (Lipinski definition) is 3. The molecule has 0 saturated carbocycles. The molecule has 0 atom stereocenters. The Kier molecular flexibility index (Phi) is 4.48.